The molecule has 1 amide bonds. The summed E-state index contributed by atoms with van der Waals surface area (Å²) in [6.07, 6.45) is 2.63. The monoisotopic (exact) mass is 495 g/mol. The first-order valence-electron chi connectivity index (χ1n) is 11.8. The predicted octanol–water partition coefficient (Wildman–Crippen LogP) is 2.31. The molecule has 190 valence electrons. The number of carbonyl (C=O) groups excluding carboxylic acids is 1. The van der Waals surface area contributed by atoms with Crippen molar-refractivity contribution in [2.45, 2.75) is 25.0 Å². The van der Waals surface area contributed by atoms with Gasteiger partial charge in [0.25, 0.3) is 11.4 Å². The molecule has 0 atom stereocenters. The van der Waals surface area contributed by atoms with Gasteiger partial charge in [-0.2, -0.15) is 4.98 Å². The Morgan fingerprint density at radius 2 is 1.81 bits per heavy atom. The molecule has 3 aromatic rings. The minimum Gasteiger partial charge on any atom is -0.495 e. The summed E-state index contributed by atoms with van der Waals surface area (Å²) < 4.78 is 23.4. The van der Waals surface area contributed by atoms with E-state index in [-0.39, 0.29) is 5.56 Å². The van der Waals surface area contributed by atoms with Crippen LogP contribution >= 0.6 is 0 Å². The fraction of sp³-hybridized carbons (Fsp3) is 0.440. The lowest BCUT2D eigenvalue weighted by molar-refractivity contribution is 0.000338. The van der Waals surface area contributed by atoms with Gasteiger partial charge in [-0.25, -0.2) is 4.79 Å². The van der Waals surface area contributed by atoms with Crippen molar-refractivity contribution >= 4 is 22.9 Å². The Morgan fingerprint density at radius 3 is 2.53 bits per heavy atom. The predicted molar refractivity (Wildman–Crippen MR) is 132 cm³/mol. The maximum atomic E-state index is 12.7. The minimum atomic E-state index is -0.560. The number of anilines is 1. The van der Waals surface area contributed by atoms with Gasteiger partial charge >= 0.3 is 6.09 Å². The number of rotatable bonds is 7. The van der Waals surface area contributed by atoms with Crippen molar-refractivity contribution in [2.75, 3.05) is 52.4 Å². The largest absolute Gasteiger partial charge is 0.495 e. The van der Waals surface area contributed by atoms with Crippen molar-refractivity contribution in [3.05, 3.63) is 46.9 Å². The van der Waals surface area contributed by atoms with E-state index in [9.17, 15) is 9.59 Å². The summed E-state index contributed by atoms with van der Waals surface area (Å²) in [5.74, 6) is 1.89. The number of nitrogens with zero attached hydrogens (tertiary/aromatic N) is 5. The van der Waals surface area contributed by atoms with Crippen molar-refractivity contribution < 1.29 is 23.7 Å². The molecule has 0 radical (unpaired) electrons. The highest BCUT2D eigenvalue weighted by Crippen LogP contribution is 2.37. The van der Waals surface area contributed by atoms with Gasteiger partial charge in [-0.3, -0.25) is 14.7 Å². The fourth-order valence-corrected chi connectivity index (χ4v) is 4.85. The smallest absolute Gasteiger partial charge is 0.416 e. The van der Waals surface area contributed by atoms with E-state index in [2.05, 4.69) is 14.9 Å². The summed E-state index contributed by atoms with van der Waals surface area (Å²) in [5.41, 5.74) is 0.859. The van der Waals surface area contributed by atoms with E-state index in [1.165, 1.54) is 14.2 Å². The van der Waals surface area contributed by atoms with E-state index < -0.39 is 11.7 Å². The molecule has 5 rings (SSSR count). The quantitative estimate of drug-likeness (QED) is 0.488. The van der Waals surface area contributed by atoms with Gasteiger partial charge in [-0.05, 0) is 18.2 Å². The number of likely N-dealkylation sites (tertiary alicyclic amines) is 1. The molecule has 2 saturated heterocycles. The second kappa shape index (κ2) is 9.65. The first-order valence-corrected chi connectivity index (χ1v) is 11.8. The Morgan fingerprint density at radius 1 is 1.00 bits per heavy atom. The van der Waals surface area contributed by atoms with Crippen LogP contribution in [-0.2, 0) is 11.3 Å². The van der Waals surface area contributed by atoms with Crippen LogP contribution in [0.3, 0.4) is 0 Å². The number of piperidine rings is 1. The highest BCUT2D eigenvalue weighted by molar-refractivity contribution is 5.89. The van der Waals surface area contributed by atoms with Crippen LogP contribution in [0.1, 0.15) is 12.8 Å². The van der Waals surface area contributed by atoms with Crippen molar-refractivity contribution in [2.24, 2.45) is 0 Å². The molecule has 0 unspecified atom stereocenters. The van der Waals surface area contributed by atoms with E-state index in [0.717, 1.165) is 24.1 Å². The molecule has 11 heteroatoms. The van der Waals surface area contributed by atoms with Crippen LogP contribution in [0.5, 0.6) is 17.4 Å². The van der Waals surface area contributed by atoms with Crippen LogP contribution in [0.2, 0.25) is 0 Å². The molecule has 0 saturated carbocycles. The van der Waals surface area contributed by atoms with Gasteiger partial charge in [0.2, 0.25) is 0 Å². The summed E-state index contributed by atoms with van der Waals surface area (Å²) in [7, 11) is 4.62. The molecule has 5 heterocycles. The van der Waals surface area contributed by atoms with Crippen LogP contribution in [0.25, 0.3) is 11.0 Å². The van der Waals surface area contributed by atoms with Crippen LogP contribution in [0, 0.1) is 0 Å². The number of aromatic nitrogens is 3. The van der Waals surface area contributed by atoms with Gasteiger partial charge in [-0.1, -0.05) is 0 Å². The molecule has 0 bridgehead atoms. The average molecular weight is 496 g/mol. The third-order valence-electron chi connectivity index (χ3n) is 6.93. The molecule has 0 N–H and O–H groups in total. The van der Waals surface area contributed by atoms with Crippen LogP contribution in [-0.4, -0.2) is 78.6 Å². The first-order chi connectivity index (χ1) is 17.4. The summed E-state index contributed by atoms with van der Waals surface area (Å²) in [4.78, 5) is 38.0. The van der Waals surface area contributed by atoms with Gasteiger partial charge in [0.05, 0.1) is 45.1 Å². The van der Waals surface area contributed by atoms with E-state index in [1.807, 2.05) is 6.07 Å². The van der Waals surface area contributed by atoms with Crippen molar-refractivity contribution in [3.63, 3.8) is 0 Å². The summed E-state index contributed by atoms with van der Waals surface area (Å²) >= 11 is 0. The molecule has 0 aliphatic carbocycles. The lowest BCUT2D eigenvalue weighted by atomic mass is 9.91. The second-order valence-electron chi connectivity index (χ2n) is 8.96. The molecular weight excluding hydrogens is 466 g/mol. The molecule has 2 aliphatic heterocycles. The van der Waals surface area contributed by atoms with Crippen molar-refractivity contribution in [3.8, 4) is 17.4 Å². The molecule has 2 aliphatic rings. The molecule has 0 aromatic carbocycles. The number of hydrogen-bond acceptors (Lipinski definition) is 9. The molecule has 11 nitrogen and oxygen atoms in total. The zero-order valence-electron chi connectivity index (χ0n) is 20.6. The SMILES string of the molecule is COc1cnc2ccc(=O)n(CCN3CCC4(CC3)CN(c3ccc(OC)c(OC)n3)C(=O)O4)c2c1. The zero-order valence-corrected chi connectivity index (χ0v) is 20.6. The Balaban J connectivity index is 1.24. The Hall–Kier alpha value is -3.86. The normalized spacial score (nSPS) is 17.4. The molecule has 1 spiro atoms. The molecule has 2 fully saturated rings. The maximum absolute atomic E-state index is 12.7. The first kappa shape index (κ1) is 23.9. The fourth-order valence-electron chi connectivity index (χ4n) is 4.85. The van der Waals surface area contributed by atoms with Gasteiger partial charge in [0.1, 0.15) is 17.2 Å². The van der Waals surface area contributed by atoms with Gasteiger partial charge in [0.15, 0.2) is 5.75 Å². The van der Waals surface area contributed by atoms with E-state index in [0.29, 0.717) is 55.7 Å². The number of methoxy groups -OCH3 is 3. The third-order valence-corrected chi connectivity index (χ3v) is 6.93. The van der Waals surface area contributed by atoms with E-state index in [4.69, 9.17) is 18.9 Å². The van der Waals surface area contributed by atoms with Gasteiger partial charge in [0, 0.05) is 51.2 Å². The van der Waals surface area contributed by atoms with Gasteiger partial charge < -0.3 is 28.4 Å². The lowest BCUT2D eigenvalue weighted by Crippen LogP contribution is -2.47. The van der Waals surface area contributed by atoms with E-state index >= 15 is 0 Å². The molecule has 3 aromatic heterocycles. The number of ether oxygens (including phenoxy) is 4. The number of pyridine rings is 3. The molecule has 36 heavy (non-hydrogen) atoms. The Bertz CT molecular complexity index is 1330. The third kappa shape index (κ3) is 4.41. The number of amides is 1. The minimum absolute atomic E-state index is 0.0752. The summed E-state index contributed by atoms with van der Waals surface area (Å²) in [6.45, 7) is 3.15. The maximum Gasteiger partial charge on any atom is 0.416 e. The summed E-state index contributed by atoms with van der Waals surface area (Å²) in [6, 6.07) is 8.56. The second-order valence-corrected chi connectivity index (χ2v) is 8.96. The van der Waals surface area contributed by atoms with Crippen LogP contribution in [0.4, 0.5) is 10.6 Å². The standard InChI is InChI=1S/C25H29N5O6/c1-33-17-14-19-18(26-15-17)4-7-22(31)29(19)13-12-28-10-8-25(9-11-28)16-30(24(32)36-25)21-6-5-20(34-2)23(27-21)35-3/h4-7,14-15H,8-13,16H2,1-3H3. The zero-order chi connectivity index (χ0) is 25.3. The topological polar surface area (TPSA) is 108 Å². The van der Waals surface area contributed by atoms with Gasteiger partial charge in [-0.15, -0.1) is 0 Å². The highest BCUT2D eigenvalue weighted by atomic mass is 16.6. The average Bonchev–Trinajstić information content (AvgIpc) is 3.23. The highest BCUT2D eigenvalue weighted by Gasteiger charge is 2.48. The molecular formula is C25H29N5O6. The lowest BCUT2D eigenvalue weighted by Gasteiger charge is -2.37. The van der Waals surface area contributed by atoms with Crippen LogP contribution in [0.15, 0.2) is 41.3 Å². The Kier molecular flexibility index (Phi) is 6.40. The Labute approximate surface area is 208 Å². The van der Waals surface area contributed by atoms with Crippen molar-refractivity contribution in [1.82, 2.24) is 19.4 Å². The summed E-state index contributed by atoms with van der Waals surface area (Å²) in [5, 5.41) is 0. The number of hydrogen-bond donors (Lipinski definition) is 0. The number of carbonyl (C=O) groups is 1. The van der Waals surface area contributed by atoms with E-state index in [1.54, 1.807) is 47.0 Å². The number of fused-ring (bicyclic) bond motifs is 1. The van der Waals surface area contributed by atoms with Crippen molar-refractivity contribution in [1.29, 1.82) is 0 Å². The van der Waals surface area contributed by atoms with Crippen LogP contribution < -0.4 is 24.7 Å².